The molecule has 224 valence electrons. The fourth-order valence-electron chi connectivity index (χ4n) is 5.22. The molecule has 0 saturated carbocycles. The van der Waals surface area contributed by atoms with Gasteiger partial charge in [-0.15, -0.1) is 0 Å². The predicted octanol–water partition coefficient (Wildman–Crippen LogP) is 5.58. The number of quaternary nitrogens is 1. The minimum absolute atomic E-state index is 0.0608. The Labute approximate surface area is 250 Å². The zero-order chi connectivity index (χ0) is 29.6. The van der Waals surface area contributed by atoms with E-state index in [1.54, 1.807) is 21.0 Å². The number of esters is 1. The Morgan fingerprint density at radius 2 is 1.79 bits per heavy atom. The number of carbonyl (C=O) groups is 4. The van der Waals surface area contributed by atoms with Crippen LogP contribution in [0.1, 0.15) is 98.3 Å². The number of nitrogens with zero attached hydrogens (tertiary/aromatic N) is 2. The highest BCUT2D eigenvalue weighted by molar-refractivity contribution is 14.1. The van der Waals surface area contributed by atoms with Crippen molar-refractivity contribution < 1.29 is 26.6 Å². The Kier molecular flexibility index (Phi) is 16.4. The molecule has 1 heterocycles. The maximum absolute atomic E-state index is 14.0. The molecule has 3 unspecified atom stereocenters. The summed E-state index contributed by atoms with van der Waals surface area (Å²) in [5.74, 6) is -1.41. The van der Waals surface area contributed by atoms with Gasteiger partial charge in [0.2, 0.25) is 5.91 Å². The summed E-state index contributed by atoms with van der Waals surface area (Å²) in [4.78, 5) is 55.4. The third-order valence-electron chi connectivity index (χ3n) is 7.49. The Morgan fingerprint density at radius 3 is 2.38 bits per heavy atom. The maximum Gasteiger partial charge on any atom is 0.328 e. The smallest absolute Gasteiger partial charge is 0.328 e. The molecule has 39 heavy (non-hydrogen) atoms. The lowest BCUT2D eigenvalue weighted by molar-refractivity contribution is -0.674. The van der Waals surface area contributed by atoms with Crippen LogP contribution in [0, 0.1) is 17.8 Å². The molecule has 5 atom stereocenters. The summed E-state index contributed by atoms with van der Waals surface area (Å²) in [5, 5.41) is 2.91. The van der Waals surface area contributed by atoms with Gasteiger partial charge in [0.05, 0.1) is 19.6 Å². The first kappa shape index (κ1) is 35.5. The number of halogens is 1. The molecule has 1 aliphatic rings. The van der Waals surface area contributed by atoms with Crippen LogP contribution in [-0.4, -0.2) is 71.1 Å². The molecule has 1 rings (SSSR count). The van der Waals surface area contributed by atoms with Gasteiger partial charge in [-0.2, -0.15) is 2.70 Å². The number of amides is 3. The third-order valence-corrected chi connectivity index (χ3v) is 8.63. The Bertz CT molecular complexity index is 827. The molecule has 0 fully saturated rings. The van der Waals surface area contributed by atoms with Crippen molar-refractivity contribution in [1.29, 1.82) is 0 Å². The van der Waals surface area contributed by atoms with Crippen molar-refractivity contribution in [2.75, 3.05) is 27.7 Å². The number of likely N-dealkylation sites (N-methyl/N-ethyl adjacent to an activating group) is 1. The average Bonchev–Trinajstić information content (AvgIpc) is 2.87. The van der Waals surface area contributed by atoms with Crippen LogP contribution in [0.3, 0.4) is 0 Å². The number of unbranched alkanes of at least 4 members (excludes halogenated alkanes) is 4. The van der Waals surface area contributed by atoms with Gasteiger partial charge < -0.3 is 15.0 Å². The van der Waals surface area contributed by atoms with Crippen molar-refractivity contribution in [3.05, 3.63) is 12.2 Å². The van der Waals surface area contributed by atoms with Crippen molar-refractivity contribution in [3.8, 4) is 0 Å². The van der Waals surface area contributed by atoms with Crippen LogP contribution in [0.5, 0.6) is 0 Å². The van der Waals surface area contributed by atoms with E-state index in [0.29, 0.717) is 19.3 Å². The van der Waals surface area contributed by atoms with Gasteiger partial charge in [0.25, 0.3) is 28.8 Å². The SMILES string of the molecule is CCCCCCCC1CC/C=C\CC(C(=O)N(C)C)C[C@@H](C(=O)OCC)NC(=O)[C@H](CC(C)C)[N+](C)(I)C1=O. The molecule has 0 saturated heterocycles. The normalized spacial score (nSPS) is 27.9. The summed E-state index contributed by atoms with van der Waals surface area (Å²) in [6.07, 6.45) is 13.0. The zero-order valence-electron chi connectivity index (χ0n) is 25.3. The number of hydrogen-bond donors (Lipinski definition) is 1. The Balaban J connectivity index is 3.45. The first-order valence-corrected chi connectivity index (χ1v) is 15.8. The van der Waals surface area contributed by atoms with Crippen LogP contribution < -0.4 is 5.32 Å². The van der Waals surface area contributed by atoms with Crippen LogP contribution in [-0.2, 0) is 23.9 Å². The predicted molar refractivity (Wildman–Crippen MR) is 164 cm³/mol. The highest BCUT2D eigenvalue weighted by Crippen LogP contribution is 2.32. The quantitative estimate of drug-likeness (QED) is 0.103. The van der Waals surface area contributed by atoms with Gasteiger partial charge in [-0.1, -0.05) is 65.0 Å². The van der Waals surface area contributed by atoms with E-state index >= 15 is 0 Å². The molecule has 8 nitrogen and oxygen atoms in total. The summed E-state index contributed by atoms with van der Waals surface area (Å²) in [7, 11) is 5.21. The van der Waals surface area contributed by atoms with Crippen LogP contribution in [0.2, 0.25) is 0 Å². The van der Waals surface area contributed by atoms with Crippen LogP contribution in [0.15, 0.2) is 12.2 Å². The van der Waals surface area contributed by atoms with E-state index in [-0.39, 0.29) is 45.3 Å². The minimum Gasteiger partial charge on any atom is -0.464 e. The van der Waals surface area contributed by atoms with Crippen molar-refractivity contribution >= 4 is 46.6 Å². The summed E-state index contributed by atoms with van der Waals surface area (Å²) >= 11 is 2.13. The van der Waals surface area contributed by atoms with Crippen molar-refractivity contribution in [3.63, 3.8) is 0 Å². The molecular weight excluding hydrogens is 609 g/mol. The molecule has 1 N–H and O–H groups in total. The van der Waals surface area contributed by atoms with Gasteiger partial charge in [0, 0.05) is 26.4 Å². The number of carbonyl (C=O) groups excluding carboxylic acids is 4. The monoisotopic (exact) mass is 662 g/mol. The Hall–Kier alpha value is -1.49. The van der Waals surface area contributed by atoms with Crippen LogP contribution >= 0.6 is 22.9 Å². The molecule has 0 aromatic rings. The molecule has 0 spiro atoms. The second kappa shape index (κ2) is 18.0. The van der Waals surface area contributed by atoms with Gasteiger partial charge in [-0.25, -0.2) is 9.59 Å². The van der Waals surface area contributed by atoms with E-state index < -0.39 is 24.0 Å². The van der Waals surface area contributed by atoms with Gasteiger partial charge in [-0.05, 0) is 44.9 Å². The highest BCUT2D eigenvalue weighted by Gasteiger charge is 2.47. The second-order valence-corrected chi connectivity index (χ2v) is 13.6. The molecule has 0 bridgehead atoms. The number of allylic oxidation sites excluding steroid dienone is 2. The molecule has 0 aromatic heterocycles. The molecular formula is C30H53IN3O5+. The fraction of sp³-hybridized carbons (Fsp3) is 0.800. The summed E-state index contributed by atoms with van der Waals surface area (Å²) in [6, 6.07) is -1.64. The number of nitrogens with one attached hydrogen (secondary N) is 1. The Morgan fingerprint density at radius 1 is 1.13 bits per heavy atom. The highest BCUT2D eigenvalue weighted by atomic mass is 127. The largest absolute Gasteiger partial charge is 0.464 e. The van der Waals surface area contributed by atoms with E-state index in [1.165, 1.54) is 24.2 Å². The summed E-state index contributed by atoms with van der Waals surface area (Å²) in [5.41, 5.74) is 0. The zero-order valence-corrected chi connectivity index (χ0v) is 27.5. The van der Waals surface area contributed by atoms with Gasteiger partial charge in [0.15, 0.2) is 6.04 Å². The topological polar surface area (TPSA) is 92.8 Å². The van der Waals surface area contributed by atoms with E-state index in [1.807, 2.05) is 27.0 Å². The molecule has 1 aliphatic heterocycles. The standard InChI is InChI=1S/C30H52IN3O5/c1-8-10-11-12-14-17-23-18-15-13-16-19-24(28(36)33(5)6)21-25(30(38)39-9-2)32-27(35)26(20-22(3)4)34(7,31)29(23)37/h13,16,22-26H,8-12,14-15,17-21H2,1-7H3/p+1/b16-13-/t23?,24?,25-,26-,34?/m0/s1. The maximum atomic E-state index is 14.0. The molecule has 3 amide bonds. The molecule has 0 aromatic carbocycles. The molecule has 9 heteroatoms. The summed E-state index contributed by atoms with van der Waals surface area (Å²) < 4.78 is 5.20. The van der Waals surface area contributed by atoms with Gasteiger partial charge in [-0.3, -0.25) is 9.59 Å². The fourth-order valence-corrected chi connectivity index (χ4v) is 6.09. The van der Waals surface area contributed by atoms with E-state index in [2.05, 4.69) is 41.2 Å². The summed E-state index contributed by atoms with van der Waals surface area (Å²) in [6.45, 7) is 8.14. The average molecular weight is 663 g/mol. The van der Waals surface area contributed by atoms with E-state index in [4.69, 9.17) is 4.74 Å². The number of rotatable bonds is 11. The first-order chi connectivity index (χ1) is 18.4. The number of hydrogen-bond acceptors (Lipinski definition) is 5. The minimum atomic E-state index is -0.974. The second-order valence-electron chi connectivity index (χ2n) is 11.6. The molecule has 0 aliphatic carbocycles. The van der Waals surface area contributed by atoms with Gasteiger partial charge >= 0.3 is 11.9 Å². The lowest BCUT2D eigenvalue weighted by Gasteiger charge is -2.36. The van der Waals surface area contributed by atoms with E-state index in [0.717, 1.165) is 25.7 Å². The van der Waals surface area contributed by atoms with Crippen molar-refractivity contribution in [1.82, 2.24) is 10.2 Å². The van der Waals surface area contributed by atoms with Crippen molar-refractivity contribution in [2.45, 2.75) is 110 Å². The van der Waals surface area contributed by atoms with Crippen molar-refractivity contribution in [2.24, 2.45) is 17.8 Å². The van der Waals surface area contributed by atoms with Crippen LogP contribution in [0.25, 0.3) is 0 Å². The van der Waals surface area contributed by atoms with Crippen LogP contribution in [0.4, 0.5) is 0 Å². The van der Waals surface area contributed by atoms with Gasteiger partial charge in [0.1, 0.15) is 6.04 Å². The van der Waals surface area contributed by atoms with E-state index in [9.17, 15) is 19.2 Å². The first-order valence-electron chi connectivity index (χ1n) is 14.8. The third kappa shape index (κ3) is 11.9. The lowest BCUT2D eigenvalue weighted by atomic mass is 9.91. The molecule has 0 radical (unpaired) electrons. The number of ether oxygens (including phenoxy) is 1. The lowest BCUT2D eigenvalue weighted by Crippen LogP contribution is -2.59.